The number of ether oxygens (including phenoxy) is 1. The highest BCUT2D eigenvalue weighted by molar-refractivity contribution is 6.30. The highest BCUT2D eigenvalue weighted by atomic mass is 16.5. The van der Waals surface area contributed by atoms with Crippen molar-refractivity contribution < 1.29 is 24.9 Å². The summed E-state index contributed by atoms with van der Waals surface area (Å²) in [4.78, 5) is 4.97. The third-order valence-electron chi connectivity index (χ3n) is 6.51. The highest BCUT2D eigenvalue weighted by Gasteiger charge is 2.37. The summed E-state index contributed by atoms with van der Waals surface area (Å²) < 4.78 is 8.31. The lowest BCUT2D eigenvalue weighted by Crippen LogP contribution is -2.49. The molecule has 4 N–H and O–H groups in total. The van der Waals surface area contributed by atoms with Crippen LogP contribution in [0.3, 0.4) is 0 Å². The van der Waals surface area contributed by atoms with Crippen molar-refractivity contribution in [3.05, 3.63) is 91.0 Å². The van der Waals surface area contributed by atoms with Crippen molar-refractivity contribution in [3.63, 3.8) is 0 Å². The summed E-state index contributed by atoms with van der Waals surface area (Å²) in [5, 5.41) is 34.3. The molecule has 190 valence electrons. The van der Waals surface area contributed by atoms with Crippen LogP contribution < -0.4 is 4.74 Å². The smallest absolute Gasteiger partial charge is 0.485 e. The monoisotopic (exact) mass is 498 g/mol. The van der Waals surface area contributed by atoms with Crippen molar-refractivity contribution >= 4 is 29.1 Å². The van der Waals surface area contributed by atoms with Crippen LogP contribution in [0.15, 0.2) is 91.0 Å². The van der Waals surface area contributed by atoms with Crippen molar-refractivity contribution in [2.75, 3.05) is 0 Å². The van der Waals surface area contributed by atoms with Gasteiger partial charge >= 0.3 is 7.32 Å². The summed E-state index contributed by atoms with van der Waals surface area (Å²) >= 11 is 0. The van der Waals surface area contributed by atoms with Gasteiger partial charge in [0.05, 0.1) is 16.6 Å². The number of benzene rings is 4. The Morgan fingerprint density at radius 1 is 0.757 bits per heavy atom. The van der Waals surface area contributed by atoms with Crippen LogP contribution in [-0.2, 0) is 0 Å². The molecule has 0 bridgehead atoms. The lowest BCUT2D eigenvalue weighted by Gasteiger charge is -2.37. The molecule has 0 radical (unpaired) electrons. The second-order valence-corrected chi connectivity index (χ2v) is 9.83. The SMILES string of the molecule is CC(C)(O)C(C)(C)Oc1ccc(-c2nc3ccccc3n2-c2ccc3ccccc3c2)cc1.OB(O)O. The molecule has 0 aliphatic heterocycles. The number of nitrogens with zero attached hydrogens (tertiary/aromatic N) is 2. The molecule has 0 aliphatic carbocycles. The molecular formula is C29H31BN2O5. The minimum Gasteiger partial charge on any atom is -0.485 e. The van der Waals surface area contributed by atoms with Crippen LogP contribution in [0.4, 0.5) is 0 Å². The van der Waals surface area contributed by atoms with Crippen LogP contribution in [0.2, 0.25) is 0 Å². The molecule has 1 aromatic heterocycles. The minimum atomic E-state index is -2.17. The maximum Gasteiger partial charge on any atom is 0.631 e. The number of aromatic nitrogens is 2. The molecule has 0 saturated carbocycles. The third kappa shape index (κ3) is 5.84. The third-order valence-corrected chi connectivity index (χ3v) is 6.51. The van der Waals surface area contributed by atoms with Gasteiger partial charge in [-0.2, -0.15) is 0 Å². The maximum absolute atomic E-state index is 10.4. The molecule has 0 spiro atoms. The average Bonchev–Trinajstić information content (AvgIpc) is 3.22. The fourth-order valence-corrected chi connectivity index (χ4v) is 3.89. The Morgan fingerprint density at radius 2 is 1.35 bits per heavy atom. The van der Waals surface area contributed by atoms with Gasteiger partial charge in [0.2, 0.25) is 0 Å². The summed E-state index contributed by atoms with van der Waals surface area (Å²) in [6.07, 6.45) is 0. The molecule has 7 nitrogen and oxygen atoms in total. The summed E-state index contributed by atoms with van der Waals surface area (Å²) in [7, 11) is -2.17. The molecule has 0 atom stereocenters. The predicted molar refractivity (Wildman–Crippen MR) is 147 cm³/mol. The maximum atomic E-state index is 10.4. The van der Waals surface area contributed by atoms with Gasteiger partial charge in [-0.3, -0.25) is 4.57 Å². The van der Waals surface area contributed by atoms with Crippen LogP contribution in [0.5, 0.6) is 5.75 Å². The van der Waals surface area contributed by atoms with Crippen molar-refractivity contribution in [1.29, 1.82) is 0 Å². The van der Waals surface area contributed by atoms with Crippen molar-refractivity contribution in [3.8, 4) is 22.8 Å². The zero-order valence-corrected chi connectivity index (χ0v) is 21.3. The molecule has 8 heteroatoms. The largest absolute Gasteiger partial charge is 0.631 e. The van der Waals surface area contributed by atoms with E-state index in [4.69, 9.17) is 24.8 Å². The Morgan fingerprint density at radius 3 is 2.00 bits per heavy atom. The van der Waals surface area contributed by atoms with Crippen LogP contribution in [0.1, 0.15) is 27.7 Å². The number of hydrogen-bond donors (Lipinski definition) is 4. The number of aliphatic hydroxyl groups is 1. The molecule has 0 fully saturated rings. The van der Waals surface area contributed by atoms with Gasteiger partial charge in [0, 0.05) is 11.3 Å². The average molecular weight is 498 g/mol. The Kier molecular flexibility index (Phi) is 7.38. The van der Waals surface area contributed by atoms with Gasteiger partial charge < -0.3 is 24.9 Å². The van der Waals surface area contributed by atoms with Gasteiger partial charge in [-0.05, 0) is 87.0 Å². The molecule has 0 aliphatic rings. The molecule has 1 heterocycles. The lowest BCUT2D eigenvalue weighted by molar-refractivity contribution is -0.0906. The van der Waals surface area contributed by atoms with Crippen LogP contribution in [0, 0.1) is 0 Å². The molecule has 0 saturated heterocycles. The number of fused-ring (bicyclic) bond motifs is 2. The van der Waals surface area contributed by atoms with Gasteiger partial charge in [0.1, 0.15) is 17.2 Å². The Bertz CT molecular complexity index is 1500. The van der Waals surface area contributed by atoms with Crippen molar-refractivity contribution in [2.45, 2.75) is 38.9 Å². The number of rotatable bonds is 5. The van der Waals surface area contributed by atoms with Crippen molar-refractivity contribution in [1.82, 2.24) is 9.55 Å². The standard InChI is InChI=1S/C29H28N2O2.BH3O3/c1-28(2,32)29(3,4)33-24-17-14-21(15-18-24)27-30-25-11-7-8-12-26(25)31(27)23-16-13-20-9-5-6-10-22(20)19-23;2-1(3)4/h5-19,32H,1-4H3;2-4H. The zero-order chi connectivity index (χ0) is 26.8. The predicted octanol–water partition coefficient (Wildman–Crippen LogP) is 4.72. The van der Waals surface area contributed by atoms with Gasteiger partial charge in [-0.15, -0.1) is 0 Å². The lowest BCUT2D eigenvalue weighted by atomic mass is 9.89. The molecule has 0 amide bonds. The topological polar surface area (TPSA) is 108 Å². The first-order valence-electron chi connectivity index (χ1n) is 12.0. The second-order valence-electron chi connectivity index (χ2n) is 9.83. The molecule has 5 rings (SSSR count). The van der Waals surface area contributed by atoms with E-state index in [1.54, 1.807) is 13.8 Å². The van der Waals surface area contributed by atoms with Gasteiger partial charge in [0.15, 0.2) is 0 Å². The molecule has 4 aromatic carbocycles. The first-order chi connectivity index (χ1) is 17.5. The Hall–Kier alpha value is -3.69. The zero-order valence-electron chi connectivity index (χ0n) is 21.3. The van der Waals surface area contributed by atoms with Gasteiger partial charge in [-0.1, -0.05) is 42.5 Å². The molecular weight excluding hydrogens is 467 g/mol. The molecule has 5 aromatic rings. The van der Waals surface area contributed by atoms with E-state index in [9.17, 15) is 5.11 Å². The van der Waals surface area contributed by atoms with Crippen LogP contribution >= 0.6 is 0 Å². The van der Waals surface area contributed by atoms with Crippen LogP contribution in [0.25, 0.3) is 38.9 Å². The number of hydrogen-bond acceptors (Lipinski definition) is 6. The highest BCUT2D eigenvalue weighted by Crippen LogP contribution is 2.33. The first-order valence-corrected chi connectivity index (χ1v) is 12.0. The van der Waals surface area contributed by atoms with E-state index in [1.807, 2.05) is 56.3 Å². The van der Waals surface area contributed by atoms with Gasteiger partial charge in [0.25, 0.3) is 0 Å². The van der Waals surface area contributed by atoms with E-state index in [0.29, 0.717) is 5.75 Å². The number of para-hydroxylation sites is 2. The van der Waals surface area contributed by atoms with Crippen molar-refractivity contribution in [2.24, 2.45) is 0 Å². The fraction of sp³-hybridized carbons (Fsp3) is 0.207. The first kappa shape index (κ1) is 26.4. The Balaban J connectivity index is 0.000000747. The van der Waals surface area contributed by atoms with E-state index < -0.39 is 18.5 Å². The van der Waals surface area contributed by atoms with E-state index in [1.165, 1.54) is 10.8 Å². The second kappa shape index (κ2) is 10.4. The summed E-state index contributed by atoms with van der Waals surface area (Å²) in [6, 6.07) is 31.0. The summed E-state index contributed by atoms with van der Waals surface area (Å²) in [6.45, 7) is 7.29. The van der Waals surface area contributed by atoms with E-state index in [2.05, 4.69) is 53.1 Å². The summed E-state index contributed by atoms with van der Waals surface area (Å²) in [5.41, 5.74) is 2.37. The normalized spacial score (nSPS) is 11.8. The quantitative estimate of drug-likeness (QED) is 0.261. The van der Waals surface area contributed by atoms with E-state index >= 15 is 0 Å². The molecule has 37 heavy (non-hydrogen) atoms. The van der Waals surface area contributed by atoms with Gasteiger partial charge in [-0.25, -0.2) is 4.98 Å². The fourth-order valence-electron chi connectivity index (χ4n) is 3.89. The minimum absolute atomic E-state index is 0.708. The van der Waals surface area contributed by atoms with E-state index in [-0.39, 0.29) is 0 Å². The molecule has 0 unspecified atom stereocenters. The number of imidazole rings is 1. The van der Waals surface area contributed by atoms with E-state index in [0.717, 1.165) is 28.1 Å². The Labute approximate surface area is 216 Å². The summed E-state index contributed by atoms with van der Waals surface area (Å²) in [5.74, 6) is 1.58. The van der Waals surface area contributed by atoms with Crippen LogP contribution in [-0.4, -0.2) is 48.3 Å².